The third kappa shape index (κ3) is 4.29. The first-order valence-corrected chi connectivity index (χ1v) is 11.7. The van der Waals surface area contributed by atoms with Crippen LogP contribution in [0.5, 0.6) is 0 Å². The lowest BCUT2D eigenvalue weighted by molar-refractivity contribution is 0.0792. The van der Waals surface area contributed by atoms with Crippen LogP contribution in [-0.4, -0.2) is 44.6 Å². The summed E-state index contributed by atoms with van der Waals surface area (Å²) < 4.78 is 1.80. The Balaban J connectivity index is 1.40. The lowest BCUT2D eigenvalue weighted by Crippen LogP contribution is -2.28. The highest BCUT2D eigenvalue weighted by molar-refractivity contribution is 6.06. The van der Waals surface area contributed by atoms with Gasteiger partial charge in [0.05, 0.1) is 22.8 Å². The van der Waals surface area contributed by atoms with E-state index in [2.05, 4.69) is 10.4 Å². The summed E-state index contributed by atoms with van der Waals surface area (Å²) in [4.78, 5) is 32.7. The van der Waals surface area contributed by atoms with E-state index < -0.39 is 0 Å². The second-order valence-corrected chi connectivity index (χ2v) is 8.50. The van der Waals surface area contributed by atoms with Crippen LogP contribution in [0.2, 0.25) is 0 Å². The van der Waals surface area contributed by atoms with Crippen LogP contribution in [0.4, 0.5) is 0 Å². The van der Waals surface area contributed by atoms with Gasteiger partial charge in [-0.15, -0.1) is 0 Å². The molecule has 2 aromatic heterocycles. The van der Waals surface area contributed by atoms with Gasteiger partial charge >= 0.3 is 0 Å². The van der Waals surface area contributed by atoms with Crippen molar-refractivity contribution in [2.24, 2.45) is 0 Å². The van der Waals surface area contributed by atoms with Gasteiger partial charge in [0.25, 0.3) is 11.8 Å². The van der Waals surface area contributed by atoms with Crippen molar-refractivity contribution in [3.8, 4) is 11.3 Å². The van der Waals surface area contributed by atoms with Gasteiger partial charge in [0.15, 0.2) is 5.65 Å². The molecule has 0 unspecified atom stereocenters. The highest BCUT2D eigenvalue weighted by Gasteiger charge is 2.20. The second-order valence-electron chi connectivity index (χ2n) is 8.50. The molecule has 1 fully saturated rings. The van der Waals surface area contributed by atoms with E-state index in [1.165, 1.54) is 0 Å². The number of hydrogen-bond donors (Lipinski definition) is 1. The zero-order valence-corrected chi connectivity index (χ0v) is 19.2. The summed E-state index contributed by atoms with van der Waals surface area (Å²) in [5.41, 5.74) is 4.44. The number of fused-ring (bicyclic) bond motifs is 1. The van der Waals surface area contributed by atoms with Crippen LogP contribution in [-0.2, 0) is 13.1 Å². The average Bonchev–Trinajstić information content (AvgIpc) is 3.57. The first-order chi connectivity index (χ1) is 16.6. The van der Waals surface area contributed by atoms with Crippen molar-refractivity contribution < 1.29 is 9.59 Å². The first kappa shape index (κ1) is 21.8. The van der Waals surface area contributed by atoms with Gasteiger partial charge in [-0.05, 0) is 43.5 Å². The van der Waals surface area contributed by atoms with Gasteiger partial charge in [-0.1, -0.05) is 42.5 Å². The van der Waals surface area contributed by atoms with Gasteiger partial charge < -0.3 is 10.2 Å². The van der Waals surface area contributed by atoms with Crippen molar-refractivity contribution in [2.45, 2.75) is 32.9 Å². The van der Waals surface area contributed by atoms with E-state index in [1.807, 2.05) is 72.5 Å². The third-order valence-electron chi connectivity index (χ3n) is 6.24. The van der Waals surface area contributed by atoms with E-state index >= 15 is 0 Å². The van der Waals surface area contributed by atoms with Gasteiger partial charge in [-0.3, -0.25) is 9.59 Å². The Morgan fingerprint density at radius 3 is 2.56 bits per heavy atom. The lowest BCUT2D eigenvalue weighted by Gasteiger charge is -2.16. The smallest absolute Gasteiger partial charge is 0.253 e. The van der Waals surface area contributed by atoms with E-state index in [4.69, 9.17) is 4.98 Å². The molecular weight excluding hydrogens is 426 g/mol. The van der Waals surface area contributed by atoms with E-state index in [9.17, 15) is 9.59 Å². The molecule has 4 aromatic rings. The molecule has 0 atom stereocenters. The number of carbonyl (C=O) groups excluding carboxylic acids is 2. The van der Waals surface area contributed by atoms with Crippen molar-refractivity contribution >= 4 is 22.8 Å². The predicted octanol–water partition coefficient (Wildman–Crippen LogP) is 4.28. The van der Waals surface area contributed by atoms with Crippen LogP contribution in [0.3, 0.4) is 0 Å². The molecule has 34 heavy (non-hydrogen) atoms. The summed E-state index contributed by atoms with van der Waals surface area (Å²) in [5.74, 6) is -0.141. The van der Waals surface area contributed by atoms with Crippen LogP contribution in [0.15, 0.2) is 66.9 Å². The molecule has 1 N–H and O–H groups in total. The Bertz CT molecular complexity index is 1340. The molecule has 0 aliphatic carbocycles. The standard InChI is InChI=1S/C27H27N5O2/c1-2-32-25-23(18-29-32)22(16-24(30-25)20-10-4-3-5-11-20)26(33)28-17-19-9-8-12-21(15-19)27(34)31-13-6-7-14-31/h3-5,8-12,15-16,18H,2,6-7,13-14,17H2,1H3,(H,28,33). The number of amides is 2. The van der Waals surface area contributed by atoms with Crippen LogP contribution in [0.25, 0.3) is 22.3 Å². The minimum absolute atomic E-state index is 0.0565. The minimum atomic E-state index is -0.198. The van der Waals surface area contributed by atoms with Crippen LogP contribution in [0, 0.1) is 0 Å². The molecule has 0 saturated carbocycles. The highest BCUT2D eigenvalue weighted by atomic mass is 16.2. The fourth-order valence-electron chi connectivity index (χ4n) is 4.42. The number of carbonyl (C=O) groups is 2. The molecule has 1 aliphatic heterocycles. The first-order valence-electron chi connectivity index (χ1n) is 11.7. The summed E-state index contributed by atoms with van der Waals surface area (Å²) in [6, 6.07) is 19.1. The van der Waals surface area contributed by atoms with E-state index in [0.717, 1.165) is 48.1 Å². The number of rotatable bonds is 6. The molecule has 0 radical (unpaired) electrons. The predicted molar refractivity (Wildman–Crippen MR) is 131 cm³/mol. The molecular formula is C27H27N5O2. The van der Waals surface area contributed by atoms with Gasteiger partial charge in [-0.25, -0.2) is 9.67 Å². The maximum absolute atomic E-state index is 13.3. The SMILES string of the molecule is CCn1ncc2c(C(=O)NCc3cccc(C(=O)N4CCCC4)c3)cc(-c3ccccc3)nc21. The Kier molecular flexibility index (Phi) is 6.08. The molecule has 5 rings (SSSR count). The maximum atomic E-state index is 13.3. The topological polar surface area (TPSA) is 80.1 Å². The van der Waals surface area contributed by atoms with Crippen molar-refractivity contribution in [3.63, 3.8) is 0 Å². The molecule has 0 bridgehead atoms. The van der Waals surface area contributed by atoms with Gasteiger partial charge in [0.1, 0.15) is 0 Å². The van der Waals surface area contributed by atoms with Crippen LogP contribution < -0.4 is 5.32 Å². The highest BCUT2D eigenvalue weighted by Crippen LogP contribution is 2.25. The summed E-state index contributed by atoms with van der Waals surface area (Å²) in [6.45, 7) is 4.61. The summed E-state index contributed by atoms with van der Waals surface area (Å²) >= 11 is 0. The summed E-state index contributed by atoms with van der Waals surface area (Å²) in [5, 5.41) is 8.15. The zero-order valence-electron chi connectivity index (χ0n) is 19.2. The molecule has 1 aliphatic rings. The number of benzene rings is 2. The minimum Gasteiger partial charge on any atom is -0.348 e. The Hall–Kier alpha value is -4.00. The Morgan fingerprint density at radius 1 is 1.00 bits per heavy atom. The summed E-state index contributed by atoms with van der Waals surface area (Å²) in [7, 11) is 0. The Morgan fingerprint density at radius 2 is 1.79 bits per heavy atom. The zero-order chi connectivity index (χ0) is 23.5. The molecule has 2 amide bonds. The van der Waals surface area contributed by atoms with E-state index in [-0.39, 0.29) is 11.8 Å². The summed E-state index contributed by atoms with van der Waals surface area (Å²) in [6.07, 6.45) is 3.81. The molecule has 7 nitrogen and oxygen atoms in total. The van der Waals surface area contributed by atoms with Gasteiger partial charge in [0.2, 0.25) is 0 Å². The fraction of sp³-hybridized carbons (Fsp3) is 0.259. The largest absolute Gasteiger partial charge is 0.348 e. The molecule has 0 spiro atoms. The number of aromatic nitrogens is 3. The van der Waals surface area contributed by atoms with Crippen molar-refractivity contribution in [1.29, 1.82) is 0 Å². The molecule has 3 heterocycles. The normalized spacial score (nSPS) is 13.4. The number of hydrogen-bond acceptors (Lipinski definition) is 4. The van der Waals surface area contributed by atoms with E-state index in [0.29, 0.717) is 29.9 Å². The number of pyridine rings is 1. The van der Waals surface area contributed by atoms with Crippen LogP contribution >= 0.6 is 0 Å². The molecule has 7 heteroatoms. The molecule has 1 saturated heterocycles. The molecule has 2 aromatic carbocycles. The van der Waals surface area contributed by atoms with Crippen molar-refractivity contribution in [2.75, 3.05) is 13.1 Å². The van der Waals surface area contributed by atoms with Crippen molar-refractivity contribution in [3.05, 3.63) is 83.6 Å². The van der Waals surface area contributed by atoms with Gasteiger partial charge in [-0.2, -0.15) is 5.10 Å². The fourth-order valence-corrected chi connectivity index (χ4v) is 4.42. The quantitative estimate of drug-likeness (QED) is 0.472. The van der Waals surface area contributed by atoms with Crippen molar-refractivity contribution in [1.82, 2.24) is 25.0 Å². The second kappa shape index (κ2) is 9.47. The number of nitrogens with one attached hydrogen (secondary N) is 1. The lowest BCUT2D eigenvalue weighted by atomic mass is 10.1. The molecule has 172 valence electrons. The number of aryl methyl sites for hydroxylation is 1. The average molecular weight is 454 g/mol. The third-order valence-corrected chi connectivity index (χ3v) is 6.24. The van der Waals surface area contributed by atoms with Crippen LogP contribution in [0.1, 0.15) is 46.0 Å². The maximum Gasteiger partial charge on any atom is 0.253 e. The van der Waals surface area contributed by atoms with E-state index in [1.54, 1.807) is 10.9 Å². The number of likely N-dealkylation sites (tertiary alicyclic amines) is 1. The number of nitrogens with zero attached hydrogens (tertiary/aromatic N) is 4. The monoisotopic (exact) mass is 453 g/mol. The Labute approximate surface area is 198 Å². The van der Waals surface area contributed by atoms with Gasteiger partial charge in [0, 0.05) is 37.3 Å².